The van der Waals surface area contributed by atoms with Crippen LogP contribution in [0, 0.1) is 0 Å². The molecule has 1 aliphatic carbocycles. The zero-order chi connectivity index (χ0) is 35.2. The van der Waals surface area contributed by atoms with E-state index in [0.717, 1.165) is 30.3 Å². The molecule has 5 rings (SSSR count). The van der Waals surface area contributed by atoms with Gasteiger partial charge in [0.25, 0.3) is 0 Å². The SMILES string of the molecule is COCCOC(=O)N(c1ccc(-c2cnc(OC)nc2)cn1)[C@H]1CC[C@H](Nc2ncc(C(F)(F)F)c(-c3cncc(S(C)(=O)=O)c3)n2)CC1. The lowest BCUT2D eigenvalue weighted by atomic mass is 9.90. The fourth-order valence-electron chi connectivity index (χ4n) is 5.27. The Hall–Kier alpha value is -4.97. The van der Waals surface area contributed by atoms with E-state index in [9.17, 15) is 26.4 Å². The molecule has 0 saturated heterocycles. The number of pyridine rings is 2. The van der Waals surface area contributed by atoms with Crippen molar-refractivity contribution in [1.29, 1.82) is 0 Å². The molecule has 1 fully saturated rings. The minimum atomic E-state index is -4.80. The Balaban J connectivity index is 1.33. The van der Waals surface area contributed by atoms with Gasteiger partial charge in [0.2, 0.25) is 5.95 Å². The topological polar surface area (TPSA) is 172 Å². The Kier molecular flexibility index (Phi) is 10.9. The average molecular weight is 703 g/mol. The highest BCUT2D eigenvalue weighted by atomic mass is 32.2. The predicted octanol–water partition coefficient (Wildman–Crippen LogP) is 4.83. The molecule has 0 unspecified atom stereocenters. The van der Waals surface area contributed by atoms with Crippen LogP contribution in [0.3, 0.4) is 0 Å². The van der Waals surface area contributed by atoms with Crippen molar-refractivity contribution in [2.75, 3.05) is 43.9 Å². The lowest BCUT2D eigenvalue weighted by molar-refractivity contribution is -0.137. The molecular formula is C31H33F3N8O6S. The summed E-state index contributed by atoms with van der Waals surface area (Å²) in [4.78, 5) is 39.2. The molecule has 49 heavy (non-hydrogen) atoms. The molecule has 18 heteroatoms. The van der Waals surface area contributed by atoms with E-state index >= 15 is 0 Å². The minimum Gasteiger partial charge on any atom is -0.467 e. The lowest BCUT2D eigenvalue weighted by Gasteiger charge is -2.36. The molecule has 0 radical (unpaired) electrons. The molecule has 0 aliphatic heterocycles. The van der Waals surface area contributed by atoms with E-state index in [1.54, 1.807) is 30.7 Å². The van der Waals surface area contributed by atoms with Gasteiger partial charge in [-0.3, -0.25) is 9.88 Å². The summed E-state index contributed by atoms with van der Waals surface area (Å²) in [5.41, 5.74) is -0.326. The summed E-state index contributed by atoms with van der Waals surface area (Å²) in [6.07, 6.45) is 5.20. The van der Waals surface area contributed by atoms with Gasteiger partial charge in [-0.05, 0) is 43.9 Å². The smallest absolute Gasteiger partial charge is 0.419 e. The van der Waals surface area contributed by atoms with Crippen molar-refractivity contribution in [3.05, 3.63) is 60.9 Å². The number of alkyl halides is 3. The van der Waals surface area contributed by atoms with Gasteiger partial charge in [0.05, 0.1) is 24.3 Å². The number of hydrogen-bond acceptors (Lipinski definition) is 13. The number of nitrogens with zero attached hydrogens (tertiary/aromatic N) is 7. The summed E-state index contributed by atoms with van der Waals surface area (Å²) in [5, 5.41) is 3.10. The molecule has 260 valence electrons. The number of ether oxygens (including phenoxy) is 3. The van der Waals surface area contributed by atoms with Crippen LogP contribution < -0.4 is 15.0 Å². The number of anilines is 2. The number of halogens is 3. The largest absolute Gasteiger partial charge is 0.467 e. The van der Waals surface area contributed by atoms with Crippen LogP contribution in [0.2, 0.25) is 0 Å². The Morgan fingerprint density at radius 2 is 1.63 bits per heavy atom. The van der Waals surface area contributed by atoms with Gasteiger partial charge in [0.1, 0.15) is 18.0 Å². The van der Waals surface area contributed by atoms with E-state index in [1.165, 1.54) is 19.1 Å². The van der Waals surface area contributed by atoms with Gasteiger partial charge in [0, 0.05) is 79.3 Å². The third-order valence-electron chi connectivity index (χ3n) is 7.75. The quantitative estimate of drug-likeness (QED) is 0.211. The van der Waals surface area contributed by atoms with E-state index in [-0.39, 0.29) is 47.7 Å². The number of sulfone groups is 1. The van der Waals surface area contributed by atoms with Crippen molar-refractivity contribution in [2.24, 2.45) is 0 Å². The number of carbonyl (C=O) groups is 1. The summed E-state index contributed by atoms with van der Waals surface area (Å²) in [7, 11) is -0.772. The Bertz CT molecular complexity index is 1860. The molecule has 0 spiro atoms. The monoisotopic (exact) mass is 702 g/mol. The Morgan fingerprint density at radius 3 is 2.24 bits per heavy atom. The molecule has 14 nitrogen and oxygen atoms in total. The number of aromatic nitrogens is 6. The summed E-state index contributed by atoms with van der Waals surface area (Å²) in [6.45, 7) is 0.254. The molecule has 1 amide bonds. The zero-order valence-corrected chi connectivity index (χ0v) is 27.5. The van der Waals surface area contributed by atoms with Crippen molar-refractivity contribution >= 4 is 27.7 Å². The van der Waals surface area contributed by atoms with E-state index < -0.39 is 33.4 Å². The fourth-order valence-corrected chi connectivity index (χ4v) is 5.87. The zero-order valence-electron chi connectivity index (χ0n) is 26.7. The summed E-state index contributed by atoms with van der Waals surface area (Å²) >= 11 is 0. The Labute approximate surface area is 280 Å². The molecular weight excluding hydrogens is 669 g/mol. The van der Waals surface area contributed by atoms with Gasteiger partial charge >= 0.3 is 18.3 Å². The number of rotatable bonds is 11. The highest BCUT2D eigenvalue weighted by molar-refractivity contribution is 7.90. The van der Waals surface area contributed by atoms with Crippen molar-refractivity contribution in [1.82, 2.24) is 29.9 Å². The van der Waals surface area contributed by atoms with Crippen LogP contribution in [0.25, 0.3) is 22.4 Å². The number of amides is 1. The second kappa shape index (κ2) is 15.1. The summed E-state index contributed by atoms with van der Waals surface area (Å²) in [6, 6.07) is 4.28. The van der Waals surface area contributed by atoms with Crippen molar-refractivity contribution in [3.8, 4) is 28.4 Å². The van der Waals surface area contributed by atoms with Crippen molar-refractivity contribution < 1.29 is 40.6 Å². The number of methoxy groups -OCH3 is 2. The number of nitrogens with one attached hydrogen (secondary N) is 1. The Morgan fingerprint density at radius 1 is 0.918 bits per heavy atom. The maximum Gasteiger partial charge on any atom is 0.419 e. The third-order valence-corrected chi connectivity index (χ3v) is 8.83. The van der Waals surface area contributed by atoms with Gasteiger partial charge in [-0.2, -0.15) is 13.2 Å². The van der Waals surface area contributed by atoms with Crippen molar-refractivity contribution in [3.63, 3.8) is 0 Å². The van der Waals surface area contributed by atoms with Crippen LogP contribution in [0.4, 0.5) is 29.7 Å². The average Bonchev–Trinajstić information content (AvgIpc) is 3.09. The lowest BCUT2D eigenvalue weighted by Crippen LogP contribution is -2.45. The van der Waals surface area contributed by atoms with E-state index in [0.29, 0.717) is 43.3 Å². The molecule has 0 aromatic carbocycles. The predicted molar refractivity (Wildman–Crippen MR) is 171 cm³/mol. The molecule has 4 aromatic rings. The summed E-state index contributed by atoms with van der Waals surface area (Å²) < 4.78 is 81.3. The molecule has 0 bridgehead atoms. The third kappa shape index (κ3) is 8.74. The summed E-state index contributed by atoms with van der Waals surface area (Å²) in [5.74, 6) is 0.310. The normalized spacial score (nSPS) is 16.5. The van der Waals surface area contributed by atoms with Gasteiger partial charge in [-0.15, -0.1) is 0 Å². The first-order valence-electron chi connectivity index (χ1n) is 15.0. The number of hydrogen-bond donors (Lipinski definition) is 1. The van der Waals surface area contributed by atoms with Gasteiger partial charge in [-0.1, -0.05) is 0 Å². The van der Waals surface area contributed by atoms with E-state index in [2.05, 4.69) is 35.2 Å². The molecule has 4 heterocycles. The van der Waals surface area contributed by atoms with Gasteiger partial charge < -0.3 is 19.5 Å². The highest BCUT2D eigenvalue weighted by Crippen LogP contribution is 2.37. The second-order valence-corrected chi connectivity index (χ2v) is 13.1. The highest BCUT2D eigenvalue weighted by Gasteiger charge is 2.36. The van der Waals surface area contributed by atoms with Crippen molar-refractivity contribution in [2.45, 2.75) is 48.8 Å². The minimum absolute atomic E-state index is 0.0419. The molecule has 0 atom stereocenters. The van der Waals surface area contributed by atoms with Gasteiger partial charge in [-0.25, -0.2) is 38.1 Å². The second-order valence-electron chi connectivity index (χ2n) is 11.1. The molecule has 1 aliphatic rings. The van der Waals surface area contributed by atoms with Gasteiger partial charge in [0.15, 0.2) is 9.84 Å². The number of carbonyl (C=O) groups excluding carboxylic acids is 1. The maximum atomic E-state index is 13.9. The standard InChI is InChI=1S/C31H33F3N8O6S/c1-46-10-11-48-30(43)42(26-9-4-19(14-36-26)21-15-38-29(47-2)39-16-21)23-7-5-22(6-8-23)40-28-37-18-25(31(32,33)34)27(41-28)20-12-24(17-35-13-20)49(3,44)45/h4,9,12-18,22-23H,5-8,10-11H2,1-3H3,(H,37,40,41)/t22-,23-. The van der Waals surface area contributed by atoms with Crippen LogP contribution in [-0.2, 0) is 25.5 Å². The first-order chi connectivity index (χ1) is 23.4. The van der Waals surface area contributed by atoms with Crippen LogP contribution in [0.5, 0.6) is 6.01 Å². The first-order valence-corrected chi connectivity index (χ1v) is 16.9. The van der Waals surface area contributed by atoms with E-state index in [4.69, 9.17) is 14.2 Å². The molecule has 1 saturated carbocycles. The molecule has 1 N–H and O–H groups in total. The first kappa shape index (κ1) is 35.3. The van der Waals surface area contributed by atoms with Crippen LogP contribution >= 0.6 is 0 Å². The van der Waals surface area contributed by atoms with Crippen LogP contribution in [0.15, 0.2) is 60.3 Å². The maximum absolute atomic E-state index is 13.9. The van der Waals surface area contributed by atoms with E-state index in [1.807, 2.05) is 0 Å². The van der Waals surface area contributed by atoms with Crippen LogP contribution in [-0.4, -0.2) is 90.2 Å². The van der Waals surface area contributed by atoms with Crippen LogP contribution in [0.1, 0.15) is 31.2 Å². The molecule has 4 aromatic heterocycles. The fraction of sp³-hybridized carbons (Fsp3) is 0.387.